The SMILES string of the molecule is C#CCN1CCN=C1CNc1cccc(C)c1C. The highest BCUT2D eigenvalue weighted by atomic mass is 15.2. The van der Waals surface area contributed by atoms with Crippen LogP contribution in [0.1, 0.15) is 11.1 Å². The van der Waals surface area contributed by atoms with Gasteiger partial charge in [0.15, 0.2) is 0 Å². The van der Waals surface area contributed by atoms with E-state index in [2.05, 4.69) is 53.2 Å². The van der Waals surface area contributed by atoms with E-state index in [1.807, 2.05) is 0 Å². The second-order valence-corrected chi connectivity index (χ2v) is 4.52. The number of hydrogen-bond acceptors (Lipinski definition) is 3. The zero-order valence-corrected chi connectivity index (χ0v) is 11.0. The lowest BCUT2D eigenvalue weighted by atomic mass is 10.1. The van der Waals surface area contributed by atoms with Gasteiger partial charge in [0, 0.05) is 12.2 Å². The molecule has 3 heteroatoms. The van der Waals surface area contributed by atoms with Crippen molar-refractivity contribution in [1.29, 1.82) is 0 Å². The number of rotatable bonds is 4. The fourth-order valence-corrected chi connectivity index (χ4v) is 2.09. The summed E-state index contributed by atoms with van der Waals surface area (Å²) in [6.45, 7) is 7.43. The largest absolute Gasteiger partial charge is 0.378 e. The number of aliphatic imine (C=N–C) groups is 1. The van der Waals surface area contributed by atoms with Crippen LogP contribution in [-0.2, 0) is 0 Å². The maximum atomic E-state index is 5.35. The van der Waals surface area contributed by atoms with Gasteiger partial charge >= 0.3 is 0 Å². The third kappa shape index (κ3) is 2.65. The van der Waals surface area contributed by atoms with E-state index < -0.39 is 0 Å². The van der Waals surface area contributed by atoms with Crippen molar-refractivity contribution in [1.82, 2.24) is 4.90 Å². The molecular weight excluding hydrogens is 222 g/mol. The summed E-state index contributed by atoms with van der Waals surface area (Å²) in [5.74, 6) is 3.74. The van der Waals surface area contributed by atoms with Gasteiger partial charge in [0.1, 0.15) is 5.84 Å². The molecule has 1 aromatic rings. The van der Waals surface area contributed by atoms with Gasteiger partial charge in [-0.1, -0.05) is 18.1 Å². The highest BCUT2D eigenvalue weighted by molar-refractivity contribution is 5.88. The van der Waals surface area contributed by atoms with Gasteiger partial charge < -0.3 is 10.2 Å². The van der Waals surface area contributed by atoms with Crippen LogP contribution in [0.3, 0.4) is 0 Å². The minimum atomic E-state index is 0.646. The Morgan fingerprint density at radius 1 is 1.44 bits per heavy atom. The van der Waals surface area contributed by atoms with Crippen LogP contribution in [0.15, 0.2) is 23.2 Å². The van der Waals surface area contributed by atoms with Crippen LogP contribution in [-0.4, -0.2) is 36.9 Å². The minimum Gasteiger partial charge on any atom is -0.378 e. The molecule has 1 aromatic carbocycles. The predicted octanol–water partition coefficient (Wildman–Crippen LogP) is 2.06. The number of anilines is 1. The Morgan fingerprint density at radius 2 is 2.28 bits per heavy atom. The maximum Gasteiger partial charge on any atom is 0.119 e. The lowest BCUT2D eigenvalue weighted by Crippen LogP contribution is -2.33. The number of nitrogens with one attached hydrogen (secondary N) is 1. The minimum absolute atomic E-state index is 0.646. The monoisotopic (exact) mass is 241 g/mol. The van der Waals surface area contributed by atoms with E-state index in [0.29, 0.717) is 6.54 Å². The molecular formula is C15H19N3. The number of aryl methyl sites for hydroxylation is 1. The van der Waals surface area contributed by atoms with Crippen molar-refractivity contribution in [3.63, 3.8) is 0 Å². The zero-order valence-electron chi connectivity index (χ0n) is 11.0. The first-order valence-corrected chi connectivity index (χ1v) is 6.24. The van der Waals surface area contributed by atoms with Crippen LogP contribution in [0.2, 0.25) is 0 Å². The molecule has 18 heavy (non-hydrogen) atoms. The average Bonchev–Trinajstić information content (AvgIpc) is 2.79. The van der Waals surface area contributed by atoms with Crippen molar-refractivity contribution < 1.29 is 0 Å². The molecule has 0 spiro atoms. The predicted molar refractivity (Wildman–Crippen MR) is 77.1 cm³/mol. The summed E-state index contributed by atoms with van der Waals surface area (Å²) >= 11 is 0. The Bertz CT molecular complexity index is 497. The first-order valence-electron chi connectivity index (χ1n) is 6.24. The second-order valence-electron chi connectivity index (χ2n) is 4.52. The highest BCUT2D eigenvalue weighted by Crippen LogP contribution is 2.17. The first kappa shape index (κ1) is 12.5. The molecule has 2 rings (SSSR count). The van der Waals surface area contributed by atoms with Gasteiger partial charge in [-0.05, 0) is 31.0 Å². The third-order valence-corrected chi connectivity index (χ3v) is 3.35. The molecule has 0 amide bonds. The van der Waals surface area contributed by atoms with E-state index >= 15 is 0 Å². The van der Waals surface area contributed by atoms with E-state index in [4.69, 9.17) is 6.42 Å². The number of terminal acetylenes is 1. The molecule has 0 atom stereocenters. The fourth-order valence-electron chi connectivity index (χ4n) is 2.09. The molecule has 1 heterocycles. The van der Waals surface area contributed by atoms with E-state index in [9.17, 15) is 0 Å². The number of nitrogens with zero attached hydrogens (tertiary/aromatic N) is 2. The van der Waals surface area contributed by atoms with Crippen molar-refractivity contribution >= 4 is 11.5 Å². The van der Waals surface area contributed by atoms with Crippen molar-refractivity contribution in [3.05, 3.63) is 29.3 Å². The highest BCUT2D eigenvalue weighted by Gasteiger charge is 2.15. The standard InChI is InChI=1S/C15H19N3/c1-4-9-18-10-8-16-15(18)11-17-14-7-5-6-12(2)13(14)3/h1,5-7,17H,8-11H2,2-3H3. The van der Waals surface area contributed by atoms with Crippen molar-refractivity contribution in [2.24, 2.45) is 4.99 Å². The Kier molecular flexibility index (Phi) is 3.88. The molecule has 0 fully saturated rings. The van der Waals surface area contributed by atoms with Gasteiger partial charge in [-0.25, -0.2) is 0 Å². The number of amidine groups is 1. The topological polar surface area (TPSA) is 27.6 Å². The maximum absolute atomic E-state index is 5.35. The summed E-state index contributed by atoms with van der Waals surface area (Å²) in [5, 5.41) is 3.44. The molecule has 1 aliphatic rings. The van der Waals surface area contributed by atoms with Crippen LogP contribution in [0.25, 0.3) is 0 Å². The second kappa shape index (κ2) is 5.59. The molecule has 3 nitrogen and oxygen atoms in total. The third-order valence-electron chi connectivity index (χ3n) is 3.35. The Labute approximate surface area is 109 Å². The lowest BCUT2D eigenvalue weighted by molar-refractivity contribution is 0.510. The van der Waals surface area contributed by atoms with Crippen molar-refractivity contribution in [2.45, 2.75) is 13.8 Å². The molecule has 0 bridgehead atoms. The molecule has 1 N–H and O–H groups in total. The van der Waals surface area contributed by atoms with Gasteiger partial charge in [-0.2, -0.15) is 0 Å². The van der Waals surface area contributed by atoms with Crippen molar-refractivity contribution in [3.8, 4) is 12.3 Å². The molecule has 0 radical (unpaired) electrons. The van der Waals surface area contributed by atoms with E-state index in [1.54, 1.807) is 0 Å². The summed E-state index contributed by atoms with van der Waals surface area (Å²) in [4.78, 5) is 6.64. The fraction of sp³-hybridized carbons (Fsp3) is 0.400. The van der Waals surface area contributed by atoms with Gasteiger partial charge in [-0.3, -0.25) is 4.99 Å². The number of benzene rings is 1. The Morgan fingerprint density at radius 3 is 3.06 bits per heavy atom. The van der Waals surface area contributed by atoms with E-state index in [0.717, 1.165) is 25.5 Å². The summed E-state index contributed by atoms with van der Waals surface area (Å²) in [7, 11) is 0. The molecule has 0 unspecified atom stereocenters. The molecule has 1 aliphatic heterocycles. The summed E-state index contributed by atoms with van der Waals surface area (Å²) in [5.41, 5.74) is 3.76. The zero-order chi connectivity index (χ0) is 13.0. The van der Waals surface area contributed by atoms with Crippen LogP contribution >= 0.6 is 0 Å². The number of hydrogen-bond donors (Lipinski definition) is 1. The van der Waals surface area contributed by atoms with Gasteiger partial charge in [0.25, 0.3) is 0 Å². The van der Waals surface area contributed by atoms with Crippen LogP contribution in [0, 0.1) is 26.2 Å². The normalized spacial score (nSPS) is 14.3. The quantitative estimate of drug-likeness (QED) is 0.817. The molecule has 0 aliphatic carbocycles. The summed E-state index contributed by atoms with van der Waals surface area (Å²) in [6.07, 6.45) is 5.35. The molecule has 94 valence electrons. The van der Waals surface area contributed by atoms with Crippen LogP contribution in [0.5, 0.6) is 0 Å². The van der Waals surface area contributed by atoms with Gasteiger partial charge in [0.05, 0.1) is 19.6 Å². The van der Waals surface area contributed by atoms with E-state index in [-0.39, 0.29) is 0 Å². The molecule has 0 aromatic heterocycles. The smallest absolute Gasteiger partial charge is 0.119 e. The van der Waals surface area contributed by atoms with Crippen LogP contribution < -0.4 is 5.32 Å². The molecule has 0 saturated carbocycles. The Balaban J connectivity index is 2.00. The van der Waals surface area contributed by atoms with Crippen molar-refractivity contribution in [2.75, 3.05) is 31.5 Å². The lowest BCUT2D eigenvalue weighted by Gasteiger charge is -2.19. The Hall–Kier alpha value is -1.95. The summed E-state index contributed by atoms with van der Waals surface area (Å²) in [6, 6.07) is 6.29. The van der Waals surface area contributed by atoms with E-state index in [1.165, 1.54) is 16.8 Å². The first-order chi connectivity index (χ1) is 8.72. The molecule has 0 saturated heterocycles. The van der Waals surface area contributed by atoms with Gasteiger partial charge in [-0.15, -0.1) is 6.42 Å². The summed E-state index contributed by atoms with van der Waals surface area (Å²) < 4.78 is 0. The van der Waals surface area contributed by atoms with Crippen LogP contribution in [0.4, 0.5) is 5.69 Å². The van der Waals surface area contributed by atoms with Gasteiger partial charge in [0.2, 0.25) is 0 Å². The average molecular weight is 241 g/mol.